The Labute approximate surface area is 119 Å². The fourth-order valence-electron chi connectivity index (χ4n) is 2.99. The van der Waals surface area contributed by atoms with Gasteiger partial charge in [0, 0.05) is 13.0 Å². The summed E-state index contributed by atoms with van der Waals surface area (Å²) in [7, 11) is 0. The summed E-state index contributed by atoms with van der Waals surface area (Å²) in [6.07, 6.45) is 3.44. The van der Waals surface area contributed by atoms with Crippen molar-refractivity contribution in [3.63, 3.8) is 0 Å². The lowest BCUT2D eigenvalue weighted by Gasteiger charge is -2.27. The summed E-state index contributed by atoms with van der Waals surface area (Å²) in [4.78, 5) is 2.33. The standard InChI is InChI=1S/C16H23F2NO/c1-2-9-19-10-4-7-16(20,8-11-19)12-13-5-3-6-14(17)15(13)18/h3,5-6,20H,2,4,7-12H2,1H3. The molecule has 0 radical (unpaired) electrons. The average Bonchev–Trinajstić information content (AvgIpc) is 2.59. The second kappa shape index (κ2) is 6.64. The van der Waals surface area contributed by atoms with E-state index in [1.807, 2.05) is 0 Å². The summed E-state index contributed by atoms with van der Waals surface area (Å²) in [6.45, 7) is 4.96. The van der Waals surface area contributed by atoms with Crippen LogP contribution in [0.2, 0.25) is 0 Å². The minimum atomic E-state index is -0.920. The molecule has 1 aromatic rings. The molecule has 2 nitrogen and oxygen atoms in total. The molecule has 0 amide bonds. The lowest BCUT2D eigenvalue weighted by molar-refractivity contribution is 0.0248. The van der Waals surface area contributed by atoms with Gasteiger partial charge in [-0.05, 0) is 50.4 Å². The zero-order valence-electron chi connectivity index (χ0n) is 12.0. The molecule has 1 N–H and O–H groups in total. The van der Waals surface area contributed by atoms with Gasteiger partial charge in [-0.15, -0.1) is 0 Å². The third-order valence-electron chi connectivity index (χ3n) is 4.10. The Hall–Kier alpha value is -1.00. The van der Waals surface area contributed by atoms with Crippen molar-refractivity contribution in [3.8, 4) is 0 Å². The Morgan fingerprint density at radius 3 is 2.80 bits per heavy atom. The first-order valence-corrected chi connectivity index (χ1v) is 7.42. The number of hydrogen-bond acceptors (Lipinski definition) is 2. The van der Waals surface area contributed by atoms with Crippen LogP contribution in [0.3, 0.4) is 0 Å². The molecule has 0 bridgehead atoms. The van der Waals surface area contributed by atoms with E-state index in [-0.39, 0.29) is 12.0 Å². The second-order valence-electron chi connectivity index (χ2n) is 5.81. The largest absolute Gasteiger partial charge is 0.389 e. The van der Waals surface area contributed by atoms with Gasteiger partial charge < -0.3 is 10.0 Å². The van der Waals surface area contributed by atoms with Gasteiger partial charge in [-0.25, -0.2) is 8.78 Å². The van der Waals surface area contributed by atoms with Crippen LogP contribution in [0.4, 0.5) is 8.78 Å². The van der Waals surface area contributed by atoms with Crippen LogP contribution in [0.25, 0.3) is 0 Å². The molecule has 0 spiro atoms. The number of benzene rings is 1. The van der Waals surface area contributed by atoms with Gasteiger partial charge in [0.2, 0.25) is 0 Å². The molecule has 1 heterocycles. The van der Waals surface area contributed by atoms with Crippen molar-refractivity contribution >= 4 is 0 Å². The highest BCUT2D eigenvalue weighted by atomic mass is 19.2. The van der Waals surface area contributed by atoms with Gasteiger partial charge in [-0.3, -0.25) is 0 Å². The molecule has 1 aliphatic rings. The quantitative estimate of drug-likeness (QED) is 0.917. The van der Waals surface area contributed by atoms with Crippen molar-refractivity contribution in [2.24, 2.45) is 0 Å². The molecular formula is C16H23F2NO. The van der Waals surface area contributed by atoms with E-state index in [4.69, 9.17) is 0 Å². The van der Waals surface area contributed by atoms with Crippen molar-refractivity contribution < 1.29 is 13.9 Å². The maximum atomic E-state index is 13.7. The van der Waals surface area contributed by atoms with Crippen LogP contribution < -0.4 is 0 Å². The summed E-state index contributed by atoms with van der Waals surface area (Å²) in [5.74, 6) is -1.66. The van der Waals surface area contributed by atoms with Gasteiger partial charge in [0.05, 0.1) is 5.60 Å². The number of aliphatic hydroxyl groups is 1. The van der Waals surface area contributed by atoms with Gasteiger partial charge in [0.25, 0.3) is 0 Å². The Balaban J connectivity index is 2.05. The second-order valence-corrected chi connectivity index (χ2v) is 5.81. The van der Waals surface area contributed by atoms with Gasteiger partial charge in [-0.2, -0.15) is 0 Å². The molecule has 112 valence electrons. The Morgan fingerprint density at radius 1 is 1.25 bits per heavy atom. The van der Waals surface area contributed by atoms with Crippen LogP contribution in [0, 0.1) is 11.6 Å². The number of likely N-dealkylation sites (tertiary alicyclic amines) is 1. The molecule has 0 saturated carbocycles. The summed E-state index contributed by atoms with van der Waals surface area (Å²) in [5.41, 5.74) is -0.645. The predicted octanol–water partition coefficient (Wildman–Crippen LogP) is 3.13. The van der Waals surface area contributed by atoms with Crippen molar-refractivity contribution in [1.29, 1.82) is 0 Å². The van der Waals surface area contributed by atoms with Crippen molar-refractivity contribution in [2.75, 3.05) is 19.6 Å². The third kappa shape index (κ3) is 3.76. The monoisotopic (exact) mass is 283 g/mol. The molecule has 1 aromatic carbocycles. The van der Waals surface area contributed by atoms with Crippen LogP contribution in [-0.4, -0.2) is 35.2 Å². The molecule has 2 rings (SSSR count). The Kier molecular flexibility index (Phi) is 5.11. The maximum absolute atomic E-state index is 13.7. The van der Waals surface area contributed by atoms with Crippen LogP contribution in [-0.2, 0) is 6.42 Å². The number of halogens is 2. The molecular weight excluding hydrogens is 260 g/mol. The van der Waals surface area contributed by atoms with Crippen LogP contribution >= 0.6 is 0 Å². The molecule has 1 saturated heterocycles. The van der Waals surface area contributed by atoms with E-state index in [9.17, 15) is 13.9 Å². The maximum Gasteiger partial charge on any atom is 0.162 e. The Bertz CT molecular complexity index is 452. The van der Waals surface area contributed by atoms with Crippen LogP contribution in [0.15, 0.2) is 18.2 Å². The zero-order valence-corrected chi connectivity index (χ0v) is 12.0. The SMILES string of the molecule is CCCN1CCCC(O)(Cc2cccc(F)c2F)CC1. The van der Waals surface area contributed by atoms with E-state index in [2.05, 4.69) is 11.8 Å². The first kappa shape index (κ1) is 15.4. The normalized spacial score (nSPS) is 24.6. The summed E-state index contributed by atoms with van der Waals surface area (Å²) >= 11 is 0. The molecule has 0 aromatic heterocycles. The van der Waals surface area contributed by atoms with E-state index in [1.165, 1.54) is 6.07 Å². The highest BCUT2D eigenvalue weighted by Crippen LogP contribution is 2.28. The predicted molar refractivity (Wildman–Crippen MR) is 75.6 cm³/mol. The van der Waals surface area contributed by atoms with Crippen molar-refractivity contribution in [1.82, 2.24) is 4.90 Å². The highest BCUT2D eigenvalue weighted by molar-refractivity contribution is 5.21. The molecule has 20 heavy (non-hydrogen) atoms. The average molecular weight is 283 g/mol. The van der Waals surface area contributed by atoms with Crippen molar-refractivity contribution in [2.45, 2.75) is 44.6 Å². The minimum Gasteiger partial charge on any atom is -0.389 e. The lowest BCUT2D eigenvalue weighted by Crippen LogP contribution is -2.34. The summed E-state index contributed by atoms with van der Waals surface area (Å²) in [5, 5.41) is 10.7. The smallest absolute Gasteiger partial charge is 0.162 e. The highest BCUT2D eigenvalue weighted by Gasteiger charge is 2.31. The van der Waals surface area contributed by atoms with Gasteiger partial charge in [-0.1, -0.05) is 19.1 Å². The number of rotatable bonds is 4. The fraction of sp³-hybridized carbons (Fsp3) is 0.625. The van der Waals surface area contributed by atoms with E-state index in [1.54, 1.807) is 6.07 Å². The van der Waals surface area contributed by atoms with E-state index < -0.39 is 17.2 Å². The van der Waals surface area contributed by atoms with Crippen molar-refractivity contribution in [3.05, 3.63) is 35.4 Å². The van der Waals surface area contributed by atoms with E-state index in [0.717, 1.165) is 38.5 Å². The summed E-state index contributed by atoms with van der Waals surface area (Å²) < 4.78 is 27.0. The molecule has 0 aliphatic carbocycles. The Morgan fingerprint density at radius 2 is 2.05 bits per heavy atom. The van der Waals surface area contributed by atoms with E-state index in [0.29, 0.717) is 12.8 Å². The third-order valence-corrected chi connectivity index (χ3v) is 4.10. The van der Waals surface area contributed by atoms with E-state index >= 15 is 0 Å². The van der Waals surface area contributed by atoms with Gasteiger partial charge in [0.15, 0.2) is 11.6 Å². The first-order valence-electron chi connectivity index (χ1n) is 7.42. The molecule has 1 unspecified atom stereocenters. The molecule has 1 atom stereocenters. The van der Waals surface area contributed by atoms with Crippen LogP contribution in [0.1, 0.15) is 38.2 Å². The topological polar surface area (TPSA) is 23.5 Å². The molecule has 1 aliphatic heterocycles. The fourth-order valence-corrected chi connectivity index (χ4v) is 2.99. The van der Waals surface area contributed by atoms with Gasteiger partial charge in [0.1, 0.15) is 0 Å². The van der Waals surface area contributed by atoms with Crippen LogP contribution in [0.5, 0.6) is 0 Å². The first-order chi connectivity index (χ1) is 9.54. The lowest BCUT2D eigenvalue weighted by atomic mass is 9.87. The number of nitrogens with zero attached hydrogens (tertiary/aromatic N) is 1. The van der Waals surface area contributed by atoms with Gasteiger partial charge >= 0.3 is 0 Å². The number of hydrogen-bond donors (Lipinski definition) is 1. The minimum absolute atomic E-state index is 0.191. The molecule has 4 heteroatoms. The molecule has 1 fully saturated rings. The zero-order chi connectivity index (χ0) is 14.6. The summed E-state index contributed by atoms with van der Waals surface area (Å²) in [6, 6.07) is 4.17.